The minimum Gasteiger partial charge on any atom is -0.332 e. The van der Waals surface area contributed by atoms with Gasteiger partial charge in [0, 0.05) is 29.2 Å². The number of hydrogen-bond acceptors (Lipinski definition) is 2. The standard InChI is InChI=1S/C22H20ClFN2O2/c1-14(10-16-4-2-3-5-19(16)24)22(28)25-12-20-18-11-17(23)7-6-15(18)8-9-26(20)21(27)13-25/h2-7,10-11,20H,8-9,12-13H2,1H3/b14-10+. The van der Waals surface area contributed by atoms with Crippen molar-refractivity contribution < 1.29 is 14.0 Å². The van der Waals surface area contributed by atoms with Crippen molar-refractivity contribution in [3.05, 3.63) is 75.6 Å². The number of amides is 2. The first-order valence-electron chi connectivity index (χ1n) is 9.24. The van der Waals surface area contributed by atoms with E-state index in [0.29, 0.717) is 29.2 Å². The summed E-state index contributed by atoms with van der Waals surface area (Å²) in [6.07, 6.45) is 2.31. The van der Waals surface area contributed by atoms with Crippen LogP contribution >= 0.6 is 11.6 Å². The first-order chi connectivity index (χ1) is 13.4. The molecule has 0 aliphatic carbocycles. The molecule has 2 heterocycles. The molecule has 0 saturated carbocycles. The Labute approximate surface area is 168 Å². The summed E-state index contributed by atoms with van der Waals surface area (Å²) in [6.45, 7) is 2.73. The van der Waals surface area contributed by atoms with Crippen molar-refractivity contribution in [3.63, 3.8) is 0 Å². The Balaban J connectivity index is 1.61. The summed E-state index contributed by atoms with van der Waals surface area (Å²) >= 11 is 6.17. The number of nitrogens with zero attached hydrogens (tertiary/aromatic N) is 2. The van der Waals surface area contributed by atoms with Crippen molar-refractivity contribution in [2.45, 2.75) is 19.4 Å². The van der Waals surface area contributed by atoms with Gasteiger partial charge >= 0.3 is 0 Å². The van der Waals surface area contributed by atoms with E-state index in [9.17, 15) is 14.0 Å². The second kappa shape index (κ2) is 7.40. The maximum Gasteiger partial charge on any atom is 0.250 e. The number of carbonyl (C=O) groups excluding carboxylic acids is 2. The molecular weight excluding hydrogens is 379 g/mol. The zero-order valence-corrected chi connectivity index (χ0v) is 16.2. The summed E-state index contributed by atoms with van der Waals surface area (Å²) in [5.74, 6) is -0.717. The predicted octanol–water partition coefficient (Wildman–Crippen LogP) is 3.85. The fourth-order valence-corrected chi connectivity index (χ4v) is 4.16. The van der Waals surface area contributed by atoms with E-state index < -0.39 is 0 Å². The van der Waals surface area contributed by atoms with E-state index in [2.05, 4.69) is 0 Å². The smallest absolute Gasteiger partial charge is 0.250 e. The molecule has 2 aliphatic rings. The third-order valence-corrected chi connectivity index (χ3v) is 5.64. The number of halogens is 2. The van der Waals surface area contributed by atoms with Crippen molar-refractivity contribution in [2.24, 2.45) is 0 Å². The van der Waals surface area contributed by atoms with E-state index in [1.54, 1.807) is 30.0 Å². The highest BCUT2D eigenvalue weighted by Gasteiger charge is 2.38. The summed E-state index contributed by atoms with van der Waals surface area (Å²) in [6, 6.07) is 11.8. The molecule has 2 aliphatic heterocycles. The van der Waals surface area contributed by atoms with Crippen LogP contribution in [0.25, 0.3) is 6.08 Å². The molecule has 4 nitrogen and oxygen atoms in total. The van der Waals surface area contributed by atoms with E-state index in [1.165, 1.54) is 12.1 Å². The van der Waals surface area contributed by atoms with Crippen LogP contribution in [0.5, 0.6) is 0 Å². The summed E-state index contributed by atoms with van der Waals surface area (Å²) < 4.78 is 13.9. The van der Waals surface area contributed by atoms with Gasteiger partial charge in [-0.15, -0.1) is 0 Å². The molecular formula is C22H20ClFN2O2. The van der Waals surface area contributed by atoms with Gasteiger partial charge in [-0.05, 0) is 48.7 Å². The highest BCUT2D eigenvalue weighted by Crippen LogP contribution is 2.35. The molecule has 0 spiro atoms. The largest absolute Gasteiger partial charge is 0.332 e. The SMILES string of the molecule is C/C(=C\c1ccccc1F)C(=O)N1CC(=O)N2CCc3ccc(Cl)cc3C2C1. The van der Waals surface area contributed by atoms with Gasteiger partial charge in [0.05, 0.1) is 6.04 Å². The van der Waals surface area contributed by atoms with Crippen LogP contribution in [0.4, 0.5) is 4.39 Å². The number of fused-ring (bicyclic) bond motifs is 3. The molecule has 1 saturated heterocycles. The normalized spacial score (nSPS) is 19.3. The molecule has 0 radical (unpaired) electrons. The molecule has 0 bridgehead atoms. The van der Waals surface area contributed by atoms with Gasteiger partial charge in [-0.3, -0.25) is 9.59 Å². The second-order valence-corrected chi connectivity index (χ2v) is 7.67. The van der Waals surface area contributed by atoms with E-state index in [0.717, 1.165) is 17.5 Å². The molecule has 4 rings (SSSR count). The van der Waals surface area contributed by atoms with Gasteiger partial charge in [-0.1, -0.05) is 35.9 Å². The first kappa shape index (κ1) is 18.7. The Hall–Kier alpha value is -2.66. The monoisotopic (exact) mass is 398 g/mol. The molecule has 1 atom stereocenters. The molecule has 6 heteroatoms. The van der Waals surface area contributed by atoms with Crippen molar-refractivity contribution >= 4 is 29.5 Å². The lowest BCUT2D eigenvalue weighted by Gasteiger charge is -2.44. The van der Waals surface area contributed by atoms with Crippen LogP contribution in [-0.4, -0.2) is 41.2 Å². The molecule has 0 N–H and O–H groups in total. The van der Waals surface area contributed by atoms with Crippen molar-refractivity contribution in [3.8, 4) is 0 Å². The van der Waals surface area contributed by atoms with Gasteiger partial charge < -0.3 is 9.80 Å². The third-order valence-electron chi connectivity index (χ3n) is 5.41. The van der Waals surface area contributed by atoms with E-state index in [4.69, 9.17) is 11.6 Å². The fraction of sp³-hybridized carbons (Fsp3) is 0.273. The van der Waals surface area contributed by atoms with Crippen LogP contribution in [-0.2, 0) is 16.0 Å². The number of piperazine rings is 1. The maximum atomic E-state index is 13.9. The van der Waals surface area contributed by atoms with Crippen LogP contribution in [0.2, 0.25) is 5.02 Å². The van der Waals surface area contributed by atoms with Gasteiger partial charge in [0.1, 0.15) is 12.4 Å². The Bertz CT molecular complexity index is 988. The van der Waals surface area contributed by atoms with Gasteiger partial charge in [0.25, 0.3) is 0 Å². The quantitative estimate of drug-likeness (QED) is 0.721. The summed E-state index contributed by atoms with van der Waals surface area (Å²) in [5, 5.41) is 0.618. The summed E-state index contributed by atoms with van der Waals surface area (Å²) in [4.78, 5) is 29.0. The molecule has 1 unspecified atom stereocenters. The van der Waals surface area contributed by atoms with Gasteiger partial charge in [0.2, 0.25) is 11.8 Å². The molecule has 0 aromatic heterocycles. The Morgan fingerprint density at radius 2 is 2.04 bits per heavy atom. The van der Waals surface area contributed by atoms with Crippen LogP contribution in [0.15, 0.2) is 48.0 Å². The lowest BCUT2D eigenvalue weighted by molar-refractivity contribution is -0.147. The van der Waals surface area contributed by atoms with Crippen LogP contribution in [0.3, 0.4) is 0 Å². The number of benzene rings is 2. The fourth-order valence-electron chi connectivity index (χ4n) is 3.98. The average molecular weight is 399 g/mol. The summed E-state index contributed by atoms with van der Waals surface area (Å²) in [5.41, 5.74) is 2.91. The van der Waals surface area contributed by atoms with E-state index in [1.807, 2.05) is 23.1 Å². The number of rotatable bonds is 2. The highest BCUT2D eigenvalue weighted by atomic mass is 35.5. The molecule has 2 aromatic carbocycles. The van der Waals surface area contributed by atoms with E-state index in [-0.39, 0.29) is 30.2 Å². The predicted molar refractivity (Wildman–Crippen MR) is 106 cm³/mol. The third kappa shape index (κ3) is 3.42. The molecule has 2 amide bonds. The highest BCUT2D eigenvalue weighted by molar-refractivity contribution is 6.30. The Morgan fingerprint density at radius 3 is 2.82 bits per heavy atom. The van der Waals surface area contributed by atoms with Crippen LogP contribution in [0, 0.1) is 5.82 Å². The van der Waals surface area contributed by atoms with Gasteiger partial charge in [-0.2, -0.15) is 0 Å². The summed E-state index contributed by atoms with van der Waals surface area (Å²) in [7, 11) is 0. The maximum absolute atomic E-state index is 13.9. The van der Waals surface area contributed by atoms with Crippen LogP contribution in [0.1, 0.15) is 29.7 Å². The number of carbonyl (C=O) groups is 2. The lowest BCUT2D eigenvalue weighted by atomic mass is 9.90. The van der Waals surface area contributed by atoms with Gasteiger partial charge in [-0.25, -0.2) is 4.39 Å². The molecule has 2 aromatic rings. The molecule has 28 heavy (non-hydrogen) atoms. The zero-order chi connectivity index (χ0) is 19.8. The molecule has 1 fully saturated rings. The minimum atomic E-state index is -0.383. The topological polar surface area (TPSA) is 40.6 Å². The van der Waals surface area contributed by atoms with Crippen molar-refractivity contribution in [1.82, 2.24) is 9.80 Å². The van der Waals surface area contributed by atoms with Crippen molar-refractivity contribution in [1.29, 1.82) is 0 Å². The Morgan fingerprint density at radius 1 is 1.25 bits per heavy atom. The van der Waals surface area contributed by atoms with Crippen molar-refractivity contribution in [2.75, 3.05) is 19.6 Å². The second-order valence-electron chi connectivity index (χ2n) is 7.23. The first-order valence-corrected chi connectivity index (χ1v) is 9.62. The Kier molecular flexibility index (Phi) is 4.94. The van der Waals surface area contributed by atoms with Crippen LogP contribution < -0.4 is 0 Å². The lowest BCUT2D eigenvalue weighted by Crippen LogP contribution is -2.55. The van der Waals surface area contributed by atoms with E-state index >= 15 is 0 Å². The molecule has 144 valence electrons. The number of hydrogen-bond donors (Lipinski definition) is 0. The zero-order valence-electron chi connectivity index (χ0n) is 15.5. The minimum absolute atomic E-state index is 0.0354. The average Bonchev–Trinajstić information content (AvgIpc) is 2.69. The van der Waals surface area contributed by atoms with Gasteiger partial charge in [0.15, 0.2) is 0 Å².